The number of carboxylic acids is 1. The van der Waals surface area contributed by atoms with Gasteiger partial charge in [0, 0.05) is 6.54 Å². The second-order valence-electron chi connectivity index (χ2n) is 9.28. The number of rotatable bonds is 11. The topological polar surface area (TPSA) is 166 Å². The SMILES string of the molecule is C=O.CCCC(O)CC.Cc1c(-c2ncco2)sc(NC(C)(C)C(=O)O)c1C(=O)NCCc1ccccc1C#N. The van der Waals surface area contributed by atoms with E-state index < -0.39 is 11.5 Å². The molecule has 0 radical (unpaired) electrons. The molecule has 0 aliphatic rings. The van der Waals surface area contributed by atoms with Crippen LogP contribution in [-0.4, -0.2) is 52.1 Å². The van der Waals surface area contributed by atoms with Crippen molar-refractivity contribution < 1.29 is 29.0 Å². The summed E-state index contributed by atoms with van der Waals surface area (Å²) >= 11 is 1.22. The molecular weight excluding hydrogens is 532 g/mol. The van der Waals surface area contributed by atoms with Gasteiger partial charge in [0.25, 0.3) is 5.91 Å². The molecule has 0 bridgehead atoms. The Bertz CT molecular complexity index is 1260. The number of thiophene rings is 1. The Morgan fingerprint density at radius 1 is 1.25 bits per heavy atom. The summed E-state index contributed by atoms with van der Waals surface area (Å²) in [4.78, 5) is 37.5. The molecule has 2 aromatic heterocycles. The Morgan fingerprint density at radius 2 is 1.93 bits per heavy atom. The van der Waals surface area contributed by atoms with Gasteiger partial charge in [0.05, 0.1) is 34.4 Å². The summed E-state index contributed by atoms with van der Waals surface area (Å²) in [5, 5.41) is 33.8. The maximum absolute atomic E-state index is 13.1. The van der Waals surface area contributed by atoms with Crippen molar-refractivity contribution in [3.8, 4) is 16.8 Å². The second-order valence-corrected chi connectivity index (χ2v) is 10.3. The Kier molecular flexibility index (Phi) is 14.3. The largest absolute Gasteiger partial charge is 0.480 e. The van der Waals surface area contributed by atoms with Crippen molar-refractivity contribution in [3.05, 3.63) is 59.0 Å². The lowest BCUT2D eigenvalue weighted by Gasteiger charge is -2.22. The molecule has 40 heavy (non-hydrogen) atoms. The number of nitrogens with one attached hydrogen (secondary N) is 2. The summed E-state index contributed by atoms with van der Waals surface area (Å²) < 4.78 is 5.38. The first-order valence-corrected chi connectivity index (χ1v) is 13.6. The summed E-state index contributed by atoms with van der Waals surface area (Å²) in [6.07, 6.45) is 6.34. The van der Waals surface area contributed by atoms with E-state index >= 15 is 0 Å². The fraction of sp³-hybridized carbons (Fsp3) is 0.414. The molecule has 1 aromatic carbocycles. The monoisotopic (exact) mass is 570 g/mol. The molecule has 2 heterocycles. The van der Waals surface area contributed by atoms with Gasteiger partial charge in [-0.15, -0.1) is 11.3 Å². The first-order chi connectivity index (χ1) is 19.0. The fourth-order valence-electron chi connectivity index (χ4n) is 3.54. The third-order valence-electron chi connectivity index (χ3n) is 5.87. The van der Waals surface area contributed by atoms with Crippen LogP contribution in [0.3, 0.4) is 0 Å². The smallest absolute Gasteiger partial charge is 0.328 e. The number of amides is 1. The van der Waals surface area contributed by atoms with E-state index in [9.17, 15) is 20.0 Å². The molecule has 0 aliphatic heterocycles. The number of hydrogen-bond acceptors (Lipinski definition) is 9. The second kappa shape index (κ2) is 16.8. The van der Waals surface area contributed by atoms with Crippen LogP contribution in [0.25, 0.3) is 10.8 Å². The summed E-state index contributed by atoms with van der Waals surface area (Å²) in [5.74, 6) is -1.03. The quantitative estimate of drug-likeness (QED) is 0.242. The number of nitriles is 1. The summed E-state index contributed by atoms with van der Waals surface area (Å²) in [7, 11) is 0. The van der Waals surface area contributed by atoms with Crippen molar-refractivity contribution in [2.75, 3.05) is 11.9 Å². The van der Waals surface area contributed by atoms with Crippen LogP contribution in [-0.2, 0) is 16.0 Å². The van der Waals surface area contributed by atoms with Gasteiger partial charge in [-0.2, -0.15) is 5.26 Å². The summed E-state index contributed by atoms with van der Waals surface area (Å²) in [5.41, 5.74) is 1.12. The number of carbonyl (C=O) groups is 3. The van der Waals surface area contributed by atoms with E-state index in [0.717, 1.165) is 24.8 Å². The lowest BCUT2D eigenvalue weighted by Crippen LogP contribution is -2.40. The van der Waals surface area contributed by atoms with Crippen LogP contribution in [0.15, 0.2) is 41.1 Å². The summed E-state index contributed by atoms with van der Waals surface area (Å²) in [6.45, 7) is 11.2. The van der Waals surface area contributed by atoms with E-state index in [2.05, 4.69) is 28.6 Å². The maximum Gasteiger partial charge on any atom is 0.328 e. The van der Waals surface area contributed by atoms with Crippen LogP contribution >= 0.6 is 11.3 Å². The van der Waals surface area contributed by atoms with Crippen molar-refractivity contribution >= 4 is 35.0 Å². The van der Waals surface area contributed by atoms with E-state index in [4.69, 9.17) is 14.3 Å². The number of aromatic nitrogens is 1. The first kappa shape index (κ1) is 34.0. The molecule has 0 saturated carbocycles. The van der Waals surface area contributed by atoms with Crippen molar-refractivity contribution in [1.82, 2.24) is 10.3 Å². The number of aliphatic hydroxyl groups is 1. The van der Waals surface area contributed by atoms with Crippen LogP contribution in [0.1, 0.15) is 74.0 Å². The van der Waals surface area contributed by atoms with Gasteiger partial charge in [0.15, 0.2) is 0 Å². The van der Waals surface area contributed by atoms with Crippen molar-refractivity contribution in [2.24, 2.45) is 0 Å². The third kappa shape index (κ3) is 9.63. The van der Waals surface area contributed by atoms with Crippen LogP contribution in [0.5, 0.6) is 0 Å². The molecule has 10 nitrogen and oxygen atoms in total. The molecule has 3 rings (SSSR count). The Hall–Kier alpha value is -4.01. The number of benzene rings is 1. The van der Waals surface area contributed by atoms with Crippen LogP contribution in [0.2, 0.25) is 0 Å². The number of carbonyl (C=O) groups excluding carboxylic acids is 2. The number of aliphatic carboxylic acids is 1. The van der Waals surface area contributed by atoms with Crippen LogP contribution in [0, 0.1) is 18.3 Å². The third-order valence-corrected chi connectivity index (χ3v) is 7.07. The Morgan fingerprint density at radius 3 is 2.45 bits per heavy atom. The molecule has 0 saturated heterocycles. The zero-order chi connectivity index (χ0) is 30.3. The van der Waals surface area contributed by atoms with Gasteiger partial charge in [-0.05, 0) is 57.2 Å². The van der Waals surface area contributed by atoms with Gasteiger partial charge in [0.2, 0.25) is 5.89 Å². The molecular formula is C29H38N4O6S. The van der Waals surface area contributed by atoms with Gasteiger partial charge in [-0.25, -0.2) is 9.78 Å². The number of anilines is 1. The van der Waals surface area contributed by atoms with E-state index in [1.165, 1.54) is 37.6 Å². The number of aliphatic hydroxyl groups excluding tert-OH is 1. The molecule has 216 valence electrons. The molecule has 0 aliphatic carbocycles. The predicted molar refractivity (Wildman–Crippen MR) is 155 cm³/mol. The molecule has 0 fully saturated rings. The lowest BCUT2D eigenvalue weighted by molar-refractivity contribution is -0.141. The lowest BCUT2D eigenvalue weighted by atomic mass is 10.0. The highest BCUT2D eigenvalue weighted by Gasteiger charge is 2.32. The zero-order valence-corrected chi connectivity index (χ0v) is 24.4. The van der Waals surface area contributed by atoms with Gasteiger partial charge >= 0.3 is 5.97 Å². The minimum atomic E-state index is -1.29. The number of nitrogens with zero attached hydrogens (tertiary/aromatic N) is 2. The van der Waals surface area contributed by atoms with Gasteiger partial charge in [-0.1, -0.05) is 38.5 Å². The predicted octanol–water partition coefficient (Wildman–Crippen LogP) is 5.20. The number of oxazole rings is 1. The fourth-order valence-corrected chi connectivity index (χ4v) is 4.84. The Balaban J connectivity index is 0.000000775. The van der Waals surface area contributed by atoms with Gasteiger partial charge in [0.1, 0.15) is 23.6 Å². The molecule has 4 N–H and O–H groups in total. The van der Waals surface area contributed by atoms with Crippen molar-refractivity contribution in [1.29, 1.82) is 5.26 Å². The molecule has 1 unspecified atom stereocenters. The van der Waals surface area contributed by atoms with Gasteiger partial charge in [-0.3, -0.25) is 4.79 Å². The molecule has 3 aromatic rings. The highest BCUT2D eigenvalue weighted by molar-refractivity contribution is 7.20. The summed E-state index contributed by atoms with van der Waals surface area (Å²) in [6, 6.07) is 9.37. The number of hydrogen-bond donors (Lipinski definition) is 4. The Labute approximate surface area is 239 Å². The average molecular weight is 571 g/mol. The van der Waals surface area contributed by atoms with E-state index in [0.29, 0.717) is 45.4 Å². The number of carboxylic acid groups (broad SMARTS) is 1. The van der Waals surface area contributed by atoms with Crippen molar-refractivity contribution in [2.45, 2.75) is 71.9 Å². The van der Waals surface area contributed by atoms with E-state index in [1.807, 2.05) is 25.8 Å². The zero-order valence-electron chi connectivity index (χ0n) is 23.6. The molecule has 11 heteroatoms. The van der Waals surface area contributed by atoms with Crippen molar-refractivity contribution in [3.63, 3.8) is 0 Å². The highest BCUT2D eigenvalue weighted by Crippen LogP contribution is 2.40. The van der Waals surface area contributed by atoms with Crippen LogP contribution in [0.4, 0.5) is 5.00 Å². The normalized spacial score (nSPS) is 11.1. The molecule has 1 atom stereocenters. The standard InChI is InChI=1S/C22H22N4O4S.C6H14O.CH2O/c1-13-16(18(27)24-9-8-14-6-4-5-7-15(14)12-23)20(26-22(2,3)21(28)29)31-17(13)19-25-10-11-30-19;1-3-5-6(7)4-2;1-2/h4-7,10-11,26H,8-9H2,1-3H3,(H,24,27)(H,28,29);6-7H,3-5H2,1-2H3;1H2. The maximum atomic E-state index is 13.1. The van der Waals surface area contributed by atoms with Crippen LogP contribution < -0.4 is 10.6 Å². The first-order valence-electron chi connectivity index (χ1n) is 12.8. The minimum Gasteiger partial charge on any atom is -0.480 e. The highest BCUT2D eigenvalue weighted by atomic mass is 32.1. The van der Waals surface area contributed by atoms with Gasteiger partial charge < -0.3 is 30.1 Å². The molecule has 0 spiro atoms. The van der Waals surface area contributed by atoms with E-state index in [-0.39, 0.29) is 12.0 Å². The van der Waals surface area contributed by atoms with E-state index in [1.54, 1.807) is 19.1 Å². The average Bonchev–Trinajstić information content (AvgIpc) is 3.58. The minimum absolute atomic E-state index is 0.0509. The molecule has 1 amide bonds.